The van der Waals surface area contributed by atoms with Gasteiger partial charge in [-0.15, -0.1) is 0 Å². The van der Waals surface area contributed by atoms with Gasteiger partial charge < -0.3 is 24.8 Å². The summed E-state index contributed by atoms with van der Waals surface area (Å²) in [5.41, 5.74) is 4.53. The van der Waals surface area contributed by atoms with Crippen LogP contribution in [-0.4, -0.2) is 50.5 Å². The molecule has 4 aromatic rings. The molecule has 2 N–H and O–H groups in total. The van der Waals surface area contributed by atoms with E-state index in [-0.39, 0.29) is 11.8 Å². The summed E-state index contributed by atoms with van der Waals surface area (Å²) in [5, 5.41) is 7.12. The maximum atomic E-state index is 12.4. The van der Waals surface area contributed by atoms with E-state index in [0.717, 1.165) is 34.0 Å². The fourth-order valence-corrected chi connectivity index (χ4v) is 4.74. The van der Waals surface area contributed by atoms with Crippen LogP contribution in [0.15, 0.2) is 61.1 Å². The second-order valence-corrected chi connectivity index (χ2v) is 9.16. The van der Waals surface area contributed by atoms with Crippen LogP contribution < -0.4 is 15.4 Å². The summed E-state index contributed by atoms with van der Waals surface area (Å²) in [7, 11) is 1.62. The molecule has 0 fully saturated rings. The largest absolute Gasteiger partial charge is 0.494 e. The van der Waals surface area contributed by atoms with Crippen molar-refractivity contribution in [1.82, 2.24) is 24.4 Å². The lowest BCUT2D eigenvalue weighted by molar-refractivity contribution is -0.129. The third-order valence-electron chi connectivity index (χ3n) is 6.38. The molecular weight excluding hydrogens is 490 g/mol. The third kappa shape index (κ3) is 5.08. The molecule has 0 radical (unpaired) electrons. The molecule has 10 heteroatoms. The topological polar surface area (TPSA) is 97.2 Å². The van der Waals surface area contributed by atoms with Crippen LogP contribution in [0.25, 0.3) is 5.69 Å². The van der Waals surface area contributed by atoms with Gasteiger partial charge in [-0.2, -0.15) is 4.98 Å². The van der Waals surface area contributed by atoms with E-state index in [2.05, 4.69) is 27.8 Å². The van der Waals surface area contributed by atoms with Crippen molar-refractivity contribution in [2.24, 2.45) is 0 Å². The first-order valence-electron chi connectivity index (χ1n) is 12.1. The molecule has 1 aliphatic rings. The van der Waals surface area contributed by atoms with Gasteiger partial charge in [0.05, 0.1) is 25.0 Å². The van der Waals surface area contributed by atoms with Crippen LogP contribution in [-0.2, 0) is 11.3 Å². The van der Waals surface area contributed by atoms with Crippen molar-refractivity contribution in [1.29, 1.82) is 0 Å². The lowest BCUT2D eigenvalue weighted by Crippen LogP contribution is -2.38. The first-order chi connectivity index (χ1) is 18.0. The summed E-state index contributed by atoms with van der Waals surface area (Å²) in [6.45, 7) is 5.34. The number of amides is 1. The standard InChI is InChI=1S/C27H28ClN7O2/c1-4-29-26-21-14-34(17(2)36)13-20(18-8-6-5-7-9-18)25(21)32-27(33-26)31-19-10-11-22(23(12-19)37-3)35-15-24(28)30-16-35/h5-12,15-16,20H,4,13-14H2,1-3H3,(H2,29,31,32,33). The number of ether oxygens (including phenoxy) is 1. The van der Waals surface area contributed by atoms with Crippen LogP contribution in [0, 0.1) is 0 Å². The Kier molecular flexibility index (Phi) is 6.96. The number of hydrogen-bond acceptors (Lipinski definition) is 7. The number of nitrogens with one attached hydrogen (secondary N) is 2. The predicted molar refractivity (Wildman–Crippen MR) is 144 cm³/mol. The van der Waals surface area contributed by atoms with Crippen LogP contribution in [0.4, 0.5) is 17.5 Å². The molecule has 5 rings (SSSR count). The number of methoxy groups -OCH3 is 1. The highest BCUT2D eigenvalue weighted by Gasteiger charge is 2.32. The minimum atomic E-state index is -0.0716. The molecule has 1 unspecified atom stereocenters. The fourth-order valence-electron chi connectivity index (χ4n) is 4.59. The van der Waals surface area contributed by atoms with Crippen LogP contribution in [0.5, 0.6) is 5.75 Å². The van der Waals surface area contributed by atoms with Crippen molar-refractivity contribution in [2.45, 2.75) is 26.3 Å². The van der Waals surface area contributed by atoms with Crippen molar-refractivity contribution in [3.63, 3.8) is 0 Å². The predicted octanol–water partition coefficient (Wildman–Crippen LogP) is 4.99. The highest BCUT2D eigenvalue weighted by Crippen LogP contribution is 2.37. The molecular formula is C27H28ClN7O2. The maximum absolute atomic E-state index is 12.4. The van der Waals surface area contributed by atoms with Crippen LogP contribution in [0.1, 0.15) is 36.6 Å². The maximum Gasteiger partial charge on any atom is 0.229 e. The number of aromatic nitrogens is 4. The second kappa shape index (κ2) is 10.5. The fraction of sp³-hybridized carbons (Fsp3) is 0.259. The van der Waals surface area contributed by atoms with Crippen molar-refractivity contribution in [3.8, 4) is 11.4 Å². The van der Waals surface area contributed by atoms with Crippen LogP contribution in [0.2, 0.25) is 5.15 Å². The number of carbonyl (C=O) groups is 1. The van der Waals surface area contributed by atoms with Gasteiger partial charge in [0.2, 0.25) is 11.9 Å². The highest BCUT2D eigenvalue weighted by atomic mass is 35.5. The zero-order valence-corrected chi connectivity index (χ0v) is 21.7. The molecule has 0 aliphatic carbocycles. The summed E-state index contributed by atoms with van der Waals surface area (Å²) in [6, 6.07) is 15.9. The minimum Gasteiger partial charge on any atom is -0.494 e. The van der Waals surface area contributed by atoms with Gasteiger partial charge in [-0.25, -0.2) is 9.97 Å². The molecule has 0 saturated carbocycles. The molecule has 0 spiro atoms. The molecule has 1 atom stereocenters. The highest BCUT2D eigenvalue weighted by molar-refractivity contribution is 6.29. The molecule has 9 nitrogen and oxygen atoms in total. The smallest absolute Gasteiger partial charge is 0.229 e. The summed E-state index contributed by atoms with van der Waals surface area (Å²) in [6.07, 6.45) is 3.35. The monoisotopic (exact) mass is 517 g/mol. The first-order valence-corrected chi connectivity index (χ1v) is 12.4. The molecule has 2 aromatic heterocycles. The van der Waals surface area contributed by atoms with Gasteiger partial charge in [0, 0.05) is 49.4 Å². The Morgan fingerprint density at radius 1 is 1.19 bits per heavy atom. The molecule has 2 aromatic carbocycles. The Labute approximate surface area is 220 Å². The molecule has 1 amide bonds. The number of fused-ring (bicyclic) bond motifs is 1. The van der Waals surface area contributed by atoms with Crippen molar-refractivity contribution < 1.29 is 9.53 Å². The number of imidazole rings is 1. The molecule has 190 valence electrons. The summed E-state index contributed by atoms with van der Waals surface area (Å²) in [5.74, 6) is 1.79. The molecule has 1 aliphatic heterocycles. The SMILES string of the molecule is CCNc1nc(Nc2ccc(-n3cnc(Cl)c3)c(OC)c2)nc2c1CN(C(C)=O)CC2c1ccccc1. The molecule has 0 bridgehead atoms. The quantitative estimate of drug-likeness (QED) is 0.356. The zero-order valence-electron chi connectivity index (χ0n) is 20.9. The van der Waals surface area contributed by atoms with E-state index in [4.69, 9.17) is 26.3 Å². The van der Waals surface area contributed by atoms with E-state index in [9.17, 15) is 4.79 Å². The number of hydrogen-bond donors (Lipinski definition) is 2. The normalized spacial score (nSPS) is 14.7. The average Bonchev–Trinajstić information content (AvgIpc) is 3.34. The van der Waals surface area contributed by atoms with Gasteiger partial charge in [0.25, 0.3) is 0 Å². The Hall–Kier alpha value is -4.11. The summed E-state index contributed by atoms with van der Waals surface area (Å²) in [4.78, 5) is 28.1. The van der Waals surface area contributed by atoms with Crippen molar-refractivity contribution in [3.05, 3.63) is 83.0 Å². The van der Waals surface area contributed by atoms with Gasteiger partial charge in [-0.3, -0.25) is 4.79 Å². The average molecular weight is 518 g/mol. The van der Waals surface area contributed by atoms with Crippen LogP contribution in [0.3, 0.4) is 0 Å². The van der Waals surface area contributed by atoms with Gasteiger partial charge in [0.1, 0.15) is 23.0 Å². The van der Waals surface area contributed by atoms with Crippen LogP contribution >= 0.6 is 11.6 Å². The van der Waals surface area contributed by atoms with Crippen molar-refractivity contribution >= 4 is 35.0 Å². The van der Waals surface area contributed by atoms with Gasteiger partial charge in [0.15, 0.2) is 0 Å². The number of rotatable bonds is 7. The van der Waals surface area contributed by atoms with E-state index in [0.29, 0.717) is 36.5 Å². The van der Waals surface area contributed by atoms with E-state index in [1.54, 1.807) is 31.1 Å². The van der Waals surface area contributed by atoms with E-state index < -0.39 is 0 Å². The number of anilines is 3. The van der Waals surface area contributed by atoms with Crippen molar-refractivity contribution in [2.75, 3.05) is 30.8 Å². The second-order valence-electron chi connectivity index (χ2n) is 8.77. The lowest BCUT2D eigenvalue weighted by atomic mass is 9.88. The first kappa shape index (κ1) is 24.6. The minimum absolute atomic E-state index is 0.0302. The molecule has 37 heavy (non-hydrogen) atoms. The molecule has 3 heterocycles. The Bertz CT molecular complexity index is 1420. The van der Waals surface area contributed by atoms with E-state index in [1.165, 1.54) is 0 Å². The number of carbonyl (C=O) groups excluding carboxylic acids is 1. The zero-order chi connectivity index (χ0) is 25.9. The third-order valence-corrected chi connectivity index (χ3v) is 6.57. The Morgan fingerprint density at radius 2 is 2.00 bits per heavy atom. The van der Waals surface area contributed by atoms with E-state index >= 15 is 0 Å². The van der Waals surface area contributed by atoms with Gasteiger partial charge >= 0.3 is 0 Å². The Balaban J connectivity index is 1.55. The molecule has 0 saturated heterocycles. The number of halogens is 1. The Morgan fingerprint density at radius 3 is 2.68 bits per heavy atom. The van der Waals surface area contributed by atoms with Gasteiger partial charge in [-0.05, 0) is 24.6 Å². The summed E-state index contributed by atoms with van der Waals surface area (Å²) < 4.78 is 7.43. The van der Waals surface area contributed by atoms with E-state index in [1.807, 2.05) is 48.2 Å². The summed E-state index contributed by atoms with van der Waals surface area (Å²) >= 11 is 6.00. The number of benzene rings is 2. The lowest BCUT2D eigenvalue weighted by Gasteiger charge is -2.34. The number of nitrogens with zero attached hydrogens (tertiary/aromatic N) is 5. The van der Waals surface area contributed by atoms with Gasteiger partial charge in [-0.1, -0.05) is 41.9 Å².